The van der Waals surface area contributed by atoms with Crippen LogP contribution < -0.4 is 0 Å². The van der Waals surface area contributed by atoms with Gasteiger partial charge in [-0.1, -0.05) is 152 Å². The van der Waals surface area contributed by atoms with Crippen molar-refractivity contribution in [2.24, 2.45) is 0 Å². The van der Waals surface area contributed by atoms with Crippen LogP contribution in [0.15, 0.2) is 176 Å². The molecule has 0 atom stereocenters. The van der Waals surface area contributed by atoms with Crippen molar-refractivity contribution in [3.63, 3.8) is 0 Å². The molecule has 0 saturated carbocycles. The molecule has 0 aliphatic rings. The quantitative estimate of drug-likeness (QED) is 0.194. The maximum Gasteiger partial charge on any atom is 0.164 e. The van der Waals surface area contributed by atoms with Crippen LogP contribution in [0.2, 0.25) is 0 Å². The highest BCUT2D eigenvalue weighted by Crippen LogP contribution is 2.34. The molecule has 0 radical (unpaired) electrons. The van der Waals surface area contributed by atoms with Gasteiger partial charge in [0.15, 0.2) is 17.5 Å². The lowest BCUT2D eigenvalue weighted by molar-refractivity contribution is 1.07. The number of fused-ring (bicyclic) bond motifs is 1. The minimum atomic E-state index is 0.634. The molecule has 3 heteroatoms. The zero-order chi connectivity index (χ0) is 30.7. The summed E-state index contributed by atoms with van der Waals surface area (Å²) in [5.41, 5.74) is 9.65. The standard InChI is InChI=1S/C43H29N3/c1-4-12-30(13-5-1)34-20-23-35(24-21-34)41-44-42(37-25-22-33-18-10-11-19-36(33)26-37)46-43(45-41)40-28-38(31-14-6-2-7-15-31)27-39(29-40)32-16-8-3-9-17-32/h1-29H. The van der Waals surface area contributed by atoms with Crippen molar-refractivity contribution in [1.29, 1.82) is 0 Å². The summed E-state index contributed by atoms with van der Waals surface area (Å²) < 4.78 is 0. The second kappa shape index (κ2) is 12.1. The van der Waals surface area contributed by atoms with Crippen LogP contribution in [0.4, 0.5) is 0 Å². The Morgan fingerprint density at radius 2 is 0.587 bits per heavy atom. The van der Waals surface area contributed by atoms with E-state index in [9.17, 15) is 0 Å². The molecule has 0 unspecified atom stereocenters. The summed E-state index contributed by atoms with van der Waals surface area (Å²) in [6.07, 6.45) is 0. The van der Waals surface area contributed by atoms with Crippen LogP contribution >= 0.6 is 0 Å². The van der Waals surface area contributed by atoms with E-state index < -0.39 is 0 Å². The number of rotatable bonds is 6. The minimum Gasteiger partial charge on any atom is -0.208 e. The van der Waals surface area contributed by atoms with Gasteiger partial charge in [0.2, 0.25) is 0 Å². The molecule has 8 rings (SSSR count). The van der Waals surface area contributed by atoms with Gasteiger partial charge in [-0.05, 0) is 68.4 Å². The Hall–Kier alpha value is -6.19. The van der Waals surface area contributed by atoms with E-state index in [4.69, 9.17) is 15.0 Å². The van der Waals surface area contributed by atoms with Gasteiger partial charge in [-0.3, -0.25) is 0 Å². The summed E-state index contributed by atoms with van der Waals surface area (Å²) >= 11 is 0. The first-order valence-electron chi connectivity index (χ1n) is 15.4. The van der Waals surface area contributed by atoms with Crippen LogP contribution in [-0.2, 0) is 0 Å². The molecule has 0 amide bonds. The first-order chi connectivity index (χ1) is 22.8. The molecule has 216 valence electrons. The SMILES string of the molecule is c1ccc(-c2ccc(-c3nc(-c4cc(-c5ccccc5)cc(-c5ccccc5)c4)nc(-c4ccc5ccccc5c4)n3)cc2)cc1. The molecule has 0 spiro atoms. The Kier molecular flexibility index (Phi) is 7.18. The largest absolute Gasteiger partial charge is 0.208 e. The fourth-order valence-electron chi connectivity index (χ4n) is 5.89. The lowest BCUT2D eigenvalue weighted by atomic mass is 9.96. The summed E-state index contributed by atoms with van der Waals surface area (Å²) in [7, 11) is 0. The Balaban J connectivity index is 1.31. The molecular weight excluding hydrogens is 558 g/mol. The maximum absolute atomic E-state index is 5.12. The molecule has 8 aromatic rings. The Bertz CT molecular complexity index is 2220. The molecule has 3 nitrogen and oxygen atoms in total. The maximum atomic E-state index is 5.12. The Morgan fingerprint density at radius 1 is 0.217 bits per heavy atom. The summed E-state index contributed by atoms with van der Waals surface area (Å²) in [6, 6.07) is 61.2. The lowest BCUT2D eigenvalue weighted by Crippen LogP contribution is -2.00. The van der Waals surface area contributed by atoms with Crippen molar-refractivity contribution >= 4 is 10.8 Å². The van der Waals surface area contributed by atoms with Gasteiger partial charge in [-0.15, -0.1) is 0 Å². The third-order valence-corrected chi connectivity index (χ3v) is 8.30. The van der Waals surface area contributed by atoms with Gasteiger partial charge < -0.3 is 0 Å². The second-order valence-electron chi connectivity index (χ2n) is 11.3. The highest BCUT2D eigenvalue weighted by atomic mass is 15.0. The van der Waals surface area contributed by atoms with Crippen molar-refractivity contribution in [2.75, 3.05) is 0 Å². The molecule has 0 aliphatic heterocycles. The average Bonchev–Trinajstić information content (AvgIpc) is 3.15. The molecule has 0 saturated heterocycles. The van der Waals surface area contributed by atoms with Gasteiger partial charge in [0.1, 0.15) is 0 Å². The number of nitrogens with zero attached hydrogens (tertiary/aromatic N) is 3. The second-order valence-corrected chi connectivity index (χ2v) is 11.3. The van der Waals surface area contributed by atoms with E-state index in [0.717, 1.165) is 49.9 Å². The first-order valence-corrected chi connectivity index (χ1v) is 15.4. The van der Waals surface area contributed by atoms with Gasteiger partial charge in [0.25, 0.3) is 0 Å². The molecule has 46 heavy (non-hydrogen) atoms. The zero-order valence-electron chi connectivity index (χ0n) is 25.1. The summed E-state index contributed by atoms with van der Waals surface area (Å²) in [4.78, 5) is 15.3. The molecule has 0 N–H and O–H groups in total. The van der Waals surface area contributed by atoms with Crippen LogP contribution in [0.3, 0.4) is 0 Å². The van der Waals surface area contributed by atoms with E-state index in [1.54, 1.807) is 0 Å². The van der Waals surface area contributed by atoms with Crippen LogP contribution in [-0.4, -0.2) is 15.0 Å². The lowest BCUT2D eigenvalue weighted by Gasteiger charge is -2.13. The molecule has 0 bridgehead atoms. The first kappa shape index (κ1) is 27.4. The van der Waals surface area contributed by atoms with E-state index in [1.165, 1.54) is 10.9 Å². The average molecular weight is 588 g/mol. The third kappa shape index (κ3) is 5.58. The normalized spacial score (nSPS) is 11.0. The monoisotopic (exact) mass is 587 g/mol. The van der Waals surface area contributed by atoms with Crippen LogP contribution in [0.1, 0.15) is 0 Å². The predicted molar refractivity (Wildman–Crippen MR) is 190 cm³/mol. The van der Waals surface area contributed by atoms with E-state index in [1.807, 2.05) is 18.2 Å². The van der Waals surface area contributed by atoms with Crippen molar-refractivity contribution in [2.45, 2.75) is 0 Å². The van der Waals surface area contributed by atoms with E-state index in [2.05, 4.69) is 158 Å². The zero-order valence-corrected chi connectivity index (χ0v) is 25.1. The summed E-state index contributed by atoms with van der Waals surface area (Å²) in [6.45, 7) is 0. The minimum absolute atomic E-state index is 0.634. The van der Waals surface area contributed by atoms with Crippen molar-refractivity contribution in [1.82, 2.24) is 15.0 Å². The van der Waals surface area contributed by atoms with E-state index in [-0.39, 0.29) is 0 Å². The highest BCUT2D eigenvalue weighted by molar-refractivity contribution is 5.87. The third-order valence-electron chi connectivity index (χ3n) is 8.30. The van der Waals surface area contributed by atoms with Crippen LogP contribution in [0.25, 0.3) is 78.3 Å². The number of aromatic nitrogens is 3. The van der Waals surface area contributed by atoms with Crippen LogP contribution in [0, 0.1) is 0 Å². The van der Waals surface area contributed by atoms with Gasteiger partial charge in [0.05, 0.1) is 0 Å². The Labute approximate surface area is 268 Å². The fourth-order valence-corrected chi connectivity index (χ4v) is 5.89. The highest BCUT2D eigenvalue weighted by Gasteiger charge is 2.15. The fraction of sp³-hybridized carbons (Fsp3) is 0. The molecular formula is C43H29N3. The van der Waals surface area contributed by atoms with E-state index in [0.29, 0.717) is 17.5 Å². The topological polar surface area (TPSA) is 38.7 Å². The summed E-state index contributed by atoms with van der Waals surface area (Å²) in [5.74, 6) is 1.92. The van der Waals surface area contributed by atoms with Gasteiger partial charge in [-0.2, -0.15) is 0 Å². The van der Waals surface area contributed by atoms with Gasteiger partial charge >= 0.3 is 0 Å². The van der Waals surface area contributed by atoms with E-state index >= 15 is 0 Å². The van der Waals surface area contributed by atoms with Gasteiger partial charge in [-0.25, -0.2) is 15.0 Å². The smallest absolute Gasteiger partial charge is 0.164 e. The molecule has 7 aromatic carbocycles. The van der Waals surface area contributed by atoms with Crippen molar-refractivity contribution < 1.29 is 0 Å². The van der Waals surface area contributed by atoms with Crippen LogP contribution in [0.5, 0.6) is 0 Å². The molecule has 1 aromatic heterocycles. The molecule has 1 heterocycles. The van der Waals surface area contributed by atoms with Gasteiger partial charge in [0, 0.05) is 16.7 Å². The number of benzene rings is 7. The number of hydrogen-bond donors (Lipinski definition) is 0. The van der Waals surface area contributed by atoms with Crippen molar-refractivity contribution in [3.8, 4) is 67.5 Å². The molecule has 0 aliphatic carbocycles. The predicted octanol–water partition coefficient (Wildman–Crippen LogP) is 11.0. The molecule has 0 fully saturated rings. The Morgan fingerprint density at radius 3 is 1.15 bits per heavy atom. The summed E-state index contributed by atoms with van der Waals surface area (Å²) in [5, 5.41) is 2.33. The number of hydrogen-bond acceptors (Lipinski definition) is 3. The van der Waals surface area contributed by atoms with Crippen molar-refractivity contribution in [3.05, 3.63) is 176 Å².